The Morgan fingerprint density at radius 1 is 1.08 bits per heavy atom. The van der Waals surface area contributed by atoms with E-state index in [2.05, 4.69) is 41.3 Å². The lowest BCUT2D eigenvalue weighted by atomic mass is 10.1. The average molecular weight is 324 g/mol. The van der Waals surface area contributed by atoms with E-state index in [1.807, 2.05) is 23.1 Å². The molecule has 2 heterocycles. The number of hydrogen-bond acceptors (Lipinski definition) is 4. The second-order valence-electron chi connectivity index (χ2n) is 6.23. The van der Waals surface area contributed by atoms with E-state index in [1.165, 1.54) is 5.56 Å². The van der Waals surface area contributed by atoms with Gasteiger partial charge in [0.25, 0.3) is 5.91 Å². The second-order valence-corrected chi connectivity index (χ2v) is 6.23. The number of likely N-dealkylation sites (N-methyl/N-ethyl adjacent to an activating group) is 1. The molecule has 0 aliphatic carbocycles. The summed E-state index contributed by atoms with van der Waals surface area (Å²) in [6.07, 6.45) is 4.41. The van der Waals surface area contributed by atoms with E-state index in [0.717, 1.165) is 44.0 Å². The van der Waals surface area contributed by atoms with Crippen LogP contribution in [0.5, 0.6) is 0 Å². The molecule has 24 heavy (non-hydrogen) atoms. The molecule has 1 aromatic carbocycles. The lowest BCUT2D eigenvalue weighted by Gasteiger charge is -2.32. The molecule has 0 spiro atoms. The predicted octanol–water partition coefficient (Wildman–Crippen LogP) is 2.78. The molecule has 0 unspecified atom stereocenters. The SMILES string of the molecule is CCc1ccc(Nc2cncc(C(=O)N3CCN(C)CC3)c2)cc1. The number of amides is 1. The number of rotatable bonds is 4. The standard InChI is InChI=1S/C19H24N4O/c1-3-15-4-6-17(7-5-15)21-18-12-16(13-20-14-18)19(24)23-10-8-22(2)9-11-23/h4-7,12-14,21H,3,8-11H2,1-2H3. The zero-order valence-electron chi connectivity index (χ0n) is 14.3. The van der Waals surface area contributed by atoms with E-state index < -0.39 is 0 Å². The first-order valence-electron chi connectivity index (χ1n) is 8.44. The van der Waals surface area contributed by atoms with Crippen LogP contribution in [-0.2, 0) is 6.42 Å². The molecule has 1 N–H and O–H groups in total. The number of piperazine rings is 1. The highest BCUT2D eigenvalue weighted by atomic mass is 16.2. The van der Waals surface area contributed by atoms with Gasteiger partial charge in [0.05, 0.1) is 17.4 Å². The van der Waals surface area contributed by atoms with E-state index >= 15 is 0 Å². The first-order chi connectivity index (χ1) is 11.7. The number of aromatic nitrogens is 1. The number of pyridine rings is 1. The molecule has 1 saturated heterocycles. The van der Waals surface area contributed by atoms with Gasteiger partial charge in [-0.05, 0) is 37.2 Å². The lowest BCUT2D eigenvalue weighted by Crippen LogP contribution is -2.47. The summed E-state index contributed by atoms with van der Waals surface area (Å²) in [5, 5.41) is 3.32. The van der Waals surface area contributed by atoms with Gasteiger partial charge in [0, 0.05) is 38.1 Å². The highest BCUT2D eigenvalue weighted by Crippen LogP contribution is 2.18. The fraction of sp³-hybridized carbons (Fsp3) is 0.368. The molecular weight excluding hydrogens is 300 g/mol. The summed E-state index contributed by atoms with van der Waals surface area (Å²) < 4.78 is 0. The summed E-state index contributed by atoms with van der Waals surface area (Å²) >= 11 is 0. The zero-order chi connectivity index (χ0) is 16.9. The number of carbonyl (C=O) groups excluding carboxylic acids is 1. The van der Waals surface area contributed by atoms with Crippen molar-refractivity contribution in [3.63, 3.8) is 0 Å². The largest absolute Gasteiger partial charge is 0.354 e. The minimum atomic E-state index is 0.0561. The fourth-order valence-corrected chi connectivity index (χ4v) is 2.81. The Morgan fingerprint density at radius 2 is 1.79 bits per heavy atom. The first kappa shape index (κ1) is 16.5. The third kappa shape index (κ3) is 3.92. The molecule has 0 saturated carbocycles. The Kier molecular flexibility index (Phi) is 5.11. The highest BCUT2D eigenvalue weighted by molar-refractivity contribution is 5.95. The Hall–Kier alpha value is -2.40. The van der Waals surface area contributed by atoms with Crippen molar-refractivity contribution >= 4 is 17.3 Å². The van der Waals surface area contributed by atoms with Crippen LogP contribution in [-0.4, -0.2) is 53.9 Å². The molecule has 126 valence electrons. The van der Waals surface area contributed by atoms with E-state index in [-0.39, 0.29) is 5.91 Å². The van der Waals surface area contributed by atoms with Crippen molar-refractivity contribution in [2.24, 2.45) is 0 Å². The van der Waals surface area contributed by atoms with Crippen molar-refractivity contribution in [1.29, 1.82) is 0 Å². The number of anilines is 2. The van der Waals surface area contributed by atoms with Crippen LogP contribution >= 0.6 is 0 Å². The maximum Gasteiger partial charge on any atom is 0.255 e. The molecule has 5 nitrogen and oxygen atoms in total. The van der Waals surface area contributed by atoms with Crippen LogP contribution in [0.3, 0.4) is 0 Å². The van der Waals surface area contributed by atoms with E-state index in [0.29, 0.717) is 5.56 Å². The molecule has 5 heteroatoms. The van der Waals surface area contributed by atoms with E-state index in [9.17, 15) is 4.79 Å². The summed E-state index contributed by atoms with van der Waals surface area (Å²) in [5.41, 5.74) is 3.77. The molecule has 1 amide bonds. The van der Waals surface area contributed by atoms with Crippen LogP contribution in [0.2, 0.25) is 0 Å². The molecule has 0 bridgehead atoms. The molecular formula is C19H24N4O. The maximum atomic E-state index is 12.6. The topological polar surface area (TPSA) is 48.5 Å². The van der Waals surface area contributed by atoms with Gasteiger partial charge in [-0.25, -0.2) is 0 Å². The zero-order valence-corrected chi connectivity index (χ0v) is 14.3. The van der Waals surface area contributed by atoms with Crippen molar-refractivity contribution in [2.75, 3.05) is 38.5 Å². The fourth-order valence-electron chi connectivity index (χ4n) is 2.81. The van der Waals surface area contributed by atoms with Gasteiger partial charge in [0.15, 0.2) is 0 Å². The molecule has 1 aliphatic rings. The summed E-state index contributed by atoms with van der Waals surface area (Å²) in [5.74, 6) is 0.0561. The third-order valence-electron chi connectivity index (χ3n) is 4.43. The summed E-state index contributed by atoms with van der Waals surface area (Å²) in [6, 6.07) is 10.2. The van der Waals surface area contributed by atoms with Crippen LogP contribution in [0.1, 0.15) is 22.8 Å². The average Bonchev–Trinajstić information content (AvgIpc) is 2.63. The van der Waals surface area contributed by atoms with Gasteiger partial charge in [-0.15, -0.1) is 0 Å². The smallest absolute Gasteiger partial charge is 0.255 e. The molecule has 1 aliphatic heterocycles. The van der Waals surface area contributed by atoms with Gasteiger partial charge in [-0.1, -0.05) is 19.1 Å². The Labute approximate surface area is 143 Å². The van der Waals surface area contributed by atoms with E-state index in [4.69, 9.17) is 0 Å². The van der Waals surface area contributed by atoms with Crippen LogP contribution in [0.15, 0.2) is 42.7 Å². The van der Waals surface area contributed by atoms with Crippen LogP contribution in [0, 0.1) is 0 Å². The second kappa shape index (κ2) is 7.45. The van der Waals surface area contributed by atoms with Gasteiger partial charge in [0.1, 0.15) is 0 Å². The minimum absolute atomic E-state index is 0.0561. The Bertz CT molecular complexity index is 691. The van der Waals surface area contributed by atoms with Crippen molar-refractivity contribution in [3.8, 4) is 0 Å². The number of benzene rings is 1. The number of carbonyl (C=O) groups is 1. The molecule has 0 atom stereocenters. The van der Waals surface area contributed by atoms with Crippen molar-refractivity contribution < 1.29 is 4.79 Å². The number of hydrogen-bond donors (Lipinski definition) is 1. The Morgan fingerprint density at radius 3 is 2.46 bits per heavy atom. The highest BCUT2D eigenvalue weighted by Gasteiger charge is 2.20. The molecule has 1 aromatic heterocycles. The number of nitrogens with one attached hydrogen (secondary N) is 1. The van der Waals surface area contributed by atoms with Gasteiger partial charge in [-0.3, -0.25) is 9.78 Å². The van der Waals surface area contributed by atoms with Crippen LogP contribution in [0.25, 0.3) is 0 Å². The predicted molar refractivity (Wildman–Crippen MR) is 96.7 cm³/mol. The summed E-state index contributed by atoms with van der Waals surface area (Å²) in [7, 11) is 2.08. The maximum absolute atomic E-state index is 12.6. The van der Waals surface area contributed by atoms with Gasteiger partial charge in [0.2, 0.25) is 0 Å². The quantitative estimate of drug-likeness (QED) is 0.939. The lowest BCUT2D eigenvalue weighted by molar-refractivity contribution is 0.0663. The number of aryl methyl sites for hydroxylation is 1. The monoisotopic (exact) mass is 324 g/mol. The number of nitrogens with zero attached hydrogens (tertiary/aromatic N) is 3. The van der Waals surface area contributed by atoms with Crippen molar-refractivity contribution in [3.05, 3.63) is 53.9 Å². The van der Waals surface area contributed by atoms with Gasteiger partial charge < -0.3 is 15.1 Å². The van der Waals surface area contributed by atoms with Gasteiger partial charge in [-0.2, -0.15) is 0 Å². The normalized spacial score (nSPS) is 15.3. The summed E-state index contributed by atoms with van der Waals surface area (Å²) in [6.45, 7) is 5.51. The molecule has 3 rings (SSSR count). The molecule has 0 radical (unpaired) electrons. The molecule has 1 fully saturated rings. The van der Waals surface area contributed by atoms with Gasteiger partial charge >= 0.3 is 0 Å². The first-order valence-corrected chi connectivity index (χ1v) is 8.44. The molecule has 2 aromatic rings. The van der Waals surface area contributed by atoms with Crippen molar-refractivity contribution in [1.82, 2.24) is 14.8 Å². The van der Waals surface area contributed by atoms with Crippen LogP contribution < -0.4 is 5.32 Å². The van der Waals surface area contributed by atoms with E-state index in [1.54, 1.807) is 12.4 Å². The summed E-state index contributed by atoms with van der Waals surface area (Å²) in [4.78, 5) is 21.0. The minimum Gasteiger partial charge on any atom is -0.354 e. The third-order valence-corrected chi connectivity index (χ3v) is 4.43. The van der Waals surface area contributed by atoms with Crippen molar-refractivity contribution in [2.45, 2.75) is 13.3 Å². The Balaban J connectivity index is 1.70. The van der Waals surface area contributed by atoms with Crippen LogP contribution in [0.4, 0.5) is 11.4 Å².